The number of nitrogens with one attached hydrogen (secondary N) is 1. The van der Waals surface area contributed by atoms with Gasteiger partial charge in [-0.1, -0.05) is 13.8 Å². The van der Waals surface area contributed by atoms with Crippen molar-refractivity contribution in [2.75, 3.05) is 11.1 Å². The fraction of sp³-hybridized carbons (Fsp3) is 0.333. The number of hydrogen-bond acceptors (Lipinski definition) is 5. The zero-order valence-electron chi connectivity index (χ0n) is 9.97. The number of anilines is 2. The number of hydrogen-bond donors (Lipinski definition) is 2. The van der Waals surface area contributed by atoms with Crippen molar-refractivity contribution < 1.29 is 4.42 Å². The average molecular weight is 232 g/mol. The van der Waals surface area contributed by atoms with Crippen LogP contribution in [0.1, 0.15) is 31.2 Å². The summed E-state index contributed by atoms with van der Waals surface area (Å²) in [6, 6.07) is 3.63. The maximum Gasteiger partial charge on any atom is 0.135 e. The second kappa shape index (κ2) is 4.86. The van der Waals surface area contributed by atoms with E-state index in [9.17, 15) is 0 Å². The molecule has 2 heterocycles. The number of furan rings is 1. The first kappa shape index (κ1) is 11.4. The zero-order valence-corrected chi connectivity index (χ0v) is 9.97. The number of rotatable bonds is 4. The molecule has 0 fully saturated rings. The fourth-order valence-corrected chi connectivity index (χ4v) is 1.42. The van der Waals surface area contributed by atoms with Gasteiger partial charge in [0.15, 0.2) is 0 Å². The molecule has 0 amide bonds. The van der Waals surface area contributed by atoms with Crippen LogP contribution in [0.15, 0.2) is 29.1 Å². The summed E-state index contributed by atoms with van der Waals surface area (Å²) in [6.45, 7) is 4.73. The van der Waals surface area contributed by atoms with E-state index in [0.717, 1.165) is 17.2 Å². The van der Waals surface area contributed by atoms with Crippen molar-refractivity contribution in [3.05, 3.63) is 36.0 Å². The Kier molecular flexibility index (Phi) is 3.27. The normalized spacial score (nSPS) is 10.8. The molecule has 0 saturated carbocycles. The summed E-state index contributed by atoms with van der Waals surface area (Å²) in [5.74, 6) is 2.23. The smallest absolute Gasteiger partial charge is 0.135 e. The molecule has 0 radical (unpaired) electrons. The van der Waals surface area contributed by atoms with Gasteiger partial charge in [0.1, 0.15) is 17.5 Å². The van der Waals surface area contributed by atoms with Crippen molar-refractivity contribution in [3.8, 4) is 0 Å². The van der Waals surface area contributed by atoms with Crippen LogP contribution in [0.5, 0.6) is 0 Å². The summed E-state index contributed by atoms with van der Waals surface area (Å²) < 4.78 is 4.99. The second-order valence-corrected chi connectivity index (χ2v) is 4.18. The van der Waals surface area contributed by atoms with Gasteiger partial charge in [-0.2, -0.15) is 0 Å². The lowest BCUT2D eigenvalue weighted by atomic mass is 10.2. The van der Waals surface area contributed by atoms with Crippen LogP contribution < -0.4 is 11.1 Å². The van der Waals surface area contributed by atoms with Crippen LogP contribution >= 0.6 is 0 Å². The van der Waals surface area contributed by atoms with E-state index in [1.54, 1.807) is 18.6 Å². The Morgan fingerprint density at radius 3 is 2.88 bits per heavy atom. The molecule has 3 N–H and O–H groups in total. The summed E-state index contributed by atoms with van der Waals surface area (Å²) in [7, 11) is 0. The third-order valence-electron chi connectivity index (χ3n) is 2.33. The Balaban J connectivity index is 2.10. The minimum absolute atomic E-state index is 0.257. The molecule has 17 heavy (non-hydrogen) atoms. The molecule has 0 aliphatic carbocycles. The van der Waals surface area contributed by atoms with Crippen LogP contribution in [0.3, 0.4) is 0 Å². The van der Waals surface area contributed by atoms with Gasteiger partial charge in [0.25, 0.3) is 0 Å². The molecule has 0 atom stereocenters. The second-order valence-electron chi connectivity index (χ2n) is 4.18. The van der Waals surface area contributed by atoms with Crippen molar-refractivity contribution in [1.82, 2.24) is 9.97 Å². The van der Waals surface area contributed by atoms with Crippen LogP contribution in [-0.2, 0) is 6.54 Å². The molecule has 5 heteroatoms. The molecule has 0 bridgehead atoms. The van der Waals surface area contributed by atoms with Crippen molar-refractivity contribution in [2.45, 2.75) is 26.3 Å². The average Bonchev–Trinajstić information content (AvgIpc) is 2.78. The largest absolute Gasteiger partial charge is 0.472 e. The number of aromatic nitrogens is 2. The predicted molar refractivity (Wildman–Crippen MR) is 66.6 cm³/mol. The summed E-state index contributed by atoms with van der Waals surface area (Å²) in [5, 5.41) is 3.19. The van der Waals surface area contributed by atoms with Crippen LogP contribution in [0, 0.1) is 0 Å². The number of nitrogens with two attached hydrogens (primary N) is 1. The highest BCUT2D eigenvalue weighted by Crippen LogP contribution is 2.15. The molecule has 2 aromatic rings. The fourth-order valence-electron chi connectivity index (χ4n) is 1.42. The molecule has 0 aliphatic rings. The van der Waals surface area contributed by atoms with Crippen LogP contribution in [0.4, 0.5) is 11.6 Å². The lowest BCUT2D eigenvalue weighted by Gasteiger charge is -2.09. The topological polar surface area (TPSA) is 77.0 Å². The van der Waals surface area contributed by atoms with Gasteiger partial charge >= 0.3 is 0 Å². The third-order valence-corrected chi connectivity index (χ3v) is 2.33. The lowest BCUT2D eigenvalue weighted by molar-refractivity contribution is 0.564. The van der Waals surface area contributed by atoms with E-state index in [2.05, 4.69) is 15.3 Å². The van der Waals surface area contributed by atoms with Crippen LogP contribution in [0.25, 0.3) is 0 Å². The summed E-state index contributed by atoms with van der Waals surface area (Å²) in [4.78, 5) is 8.59. The summed E-state index contributed by atoms with van der Waals surface area (Å²) in [6.07, 6.45) is 3.34. The van der Waals surface area contributed by atoms with Crippen molar-refractivity contribution in [1.29, 1.82) is 0 Å². The molecule has 0 spiro atoms. The number of nitrogens with zero attached hydrogens (tertiary/aromatic N) is 2. The zero-order chi connectivity index (χ0) is 12.3. The van der Waals surface area contributed by atoms with Gasteiger partial charge in [-0.15, -0.1) is 0 Å². The van der Waals surface area contributed by atoms with E-state index in [1.165, 1.54) is 0 Å². The van der Waals surface area contributed by atoms with Gasteiger partial charge in [0, 0.05) is 24.1 Å². The molecular formula is C12H16N4O. The van der Waals surface area contributed by atoms with Crippen molar-refractivity contribution in [2.24, 2.45) is 0 Å². The number of nitrogen functional groups attached to an aromatic ring is 1. The Bertz CT molecular complexity index is 479. The molecule has 0 unspecified atom stereocenters. The molecule has 0 aliphatic heterocycles. The maximum atomic E-state index is 5.74. The van der Waals surface area contributed by atoms with Gasteiger partial charge in [-0.05, 0) is 6.07 Å². The lowest BCUT2D eigenvalue weighted by Crippen LogP contribution is -2.07. The van der Waals surface area contributed by atoms with Crippen LogP contribution in [-0.4, -0.2) is 9.97 Å². The Morgan fingerprint density at radius 2 is 2.24 bits per heavy atom. The maximum absolute atomic E-state index is 5.74. The highest BCUT2D eigenvalue weighted by atomic mass is 16.3. The summed E-state index contributed by atoms with van der Waals surface area (Å²) >= 11 is 0. The highest BCUT2D eigenvalue weighted by Gasteiger charge is 2.06. The molecule has 0 saturated heterocycles. The first-order chi connectivity index (χ1) is 8.15. The third kappa shape index (κ3) is 2.96. The molecule has 2 rings (SSSR count). The first-order valence-corrected chi connectivity index (χ1v) is 5.54. The van der Waals surface area contributed by atoms with E-state index in [0.29, 0.717) is 12.4 Å². The molecule has 5 nitrogen and oxygen atoms in total. The molecule has 0 aromatic carbocycles. The molecular weight excluding hydrogens is 216 g/mol. The van der Waals surface area contributed by atoms with Gasteiger partial charge in [-0.25, -0.2) is 9.97 Å². The van der Waals surface area contributed by atoms with Crippen LogP contribution in [0.2, 0.25) is 0 Å². The Morgan fingerprint density at radius 1 is 1.41 bits per heavy atom. The van der Waals surface area contributed by atoms with Crippen molar-refractivity contribution >= 4 is 11.6 Å². The van der Waals surface area contributed by atoms with E-state index < -0.39 is 0 Å². The van der Waals surface area contributed by atoms with Gasteiger partial charge < -0.3 is 15.5 Å². The monoisotopic (exact) mass is 232 g/mol. The predicted octanol–water partition coefficient (Wildman–Crippen LogP) is 2.39. The molecule has 90 valence electrons. The minimum atomic E-state index is 0.257. The van der Waals surface area contributed by atoms with E-state index in [1.807, 2.05) is 19.9 Å². The van der Waals surface area contributed by atoms with Gasteiger partial charge in [-0.3, -0.25) is 0 Å². The van der Waals surface area contributed by atoms with Gasteiger partial charge in [0.05, 0.1) is 12.5 Å². The molecule has 2 aromatic heterocycles. The highest BCUT2D eigenvalue weighted by molar-refractivity contribution is 5.45. The standard InChI is InChI=1S/C12H16N4O/c1-8(2)12-15-10(13)5-11(16-12)14-6-9-3-4-17-7-9/h3-5,7-8H,6H2,1-2H3,(H3,13,14,15,16). The Hall–Kier alpha value is -2.04. The SMILES string of the molecule is CC(C)c1nc(N)cc(NCc2ccoc2)n1. The minimum Gasteiger partial charge on any atom is -0.472 e. The Labute approximate surface area is 100 Å². The van der Waals surface area contributed by atoms with Gasteiger partial charge in [0.2, 0.25) is 0 Å². The van der Waals surface area contributed by atoms with E-state index in [4.69, 9.17) is 10.2 Å². The van der Waals surface area contributed by atoms with Crippen molar-refractivity contribution in [3.63, 3.8) is 0 Å². The summed E-state index contributed by atoms with van der Waals surface area (Å²) in [5.41, 5.74) is 6.80. The first-order valence-electron chi connectivity index (χ1n) is 5.54. The van der Waals surface area contributed by atoms with E-state index >= 15 is 0 Å². The van der Waals surface area contributed by atoms with E-state index in [-0.39, 0.29) is 5.92 Å². The quantitative estimate of drug-likeness (QED) is 0.846.